The first-order chi connectivity index (χ1) is 7.76. The van der Waals surface area contributed by atoms with Crippen molar-refractivity contribution in [3.8, 4) is 11.5 Å². The number of aryl methyl sites for hydroxylation is 1. The molecule has 0 aliphatic heterocycles. The van der Waals surface area contributed by atoms with Crippen molar-refractivity contribution in [2.75, 3.05) is 12.4 Å². The van der Waals surface area contributed by atoms with Gasteiger partial charge in [0.05, 0.1) is 3.57 Å². The van der Waals surface area contributed by atoms with E-state index in [1.54, 1.807) is 6.20 Å². The molecule has 0 spiro atoms. The van der Waals surface area contributed by atoms with Crippen LogP contribution in [0.5, 0.6) is 0 Å². The maximum atomic E-state index is 4.45. The highest BCUT2D eigenvalue weighted by molar-refractivity contribution is 14.1. The first-order valence-electron chi connectivity index (χ1n) is 4.98. The van der Waals surface area contributed by atoms with E-state index in [1.165, 1.54) is 0 Å². The van der Waals surface area contributed by atoms with Crippen molar-refractivity contribution >= 4 is 28.4 Å². The first-order valence-corrected chi connectivity index (χ1v) is 6.06. The van der Waals surface area contributed by atoms with Gasteiger partial charge in [-0.1, -0.05) is 0 Å². The highest BCUT2D eigenvalue weighted by Crippen LogP contribution is 2.19. The summed E-state index contributed by atoms with van der Waals surface area (Å²) >= 11 is 2.20. The van der Waals surface area contributed by atoms with Crippen LogP contribution in [0.3, 0.4) is 0 Å². The van der Waals surface area contributed by atoms with Crippen LogP contribution in [0.15, 0.2) is 18.5 Å². The molecule has 0 saturated heterocycles. The average Bonchev–Trinajstić information content (AvgIpc) is 2.78. The second kappa shape index (κ2) is 4.77. The monoisotopic (exact) mass is 329 g/mol. The second-order valence-electron chi connectivity index (χ2n) is 3.17. The van der Waals surface area contributed by atoms with E-state index in [0.29, 0.717) is 5.82 Å². The van der Waals surface area contributed by atoms with Crippen molar-refractivity contribution in [1.29, 1.82) is 0 Å². The Balaban J connectivity index is 2.48. The summed E-state index contributed by atoms with van der Waals surface area (Å²) in [7, 11) is 1.85. The Morgan fingerprint density at radius 3 is 3.00 bits per heavy atom. The van der Waals surface area contributed by atoms with Gasteiger partial charge in [0.25, 0.3) is 0 Å². The van der Waals surface area contributed by atoms with Crippen LogP contribution < -0.4 is 5.32 Å². The predicted octanol–water partition coefficient (Wildman–Crippen LogP) is 2.01. The zero-order chi connectivity index (χ0) is 11.5. The Morgan fingerprint density at radius 2 is 2.31 bits per heavy atom. The molecular weight excluding hydrogens is 317 g/mol. The van der Waals surface area contributed by atoms with Gasteiger partial charge < -0.3 is 5.32 Å². The number of hydrogen-bond donors (Lipinski definition) is 1. The molecule has 0 aliphatic rings. The molecule has 16 heavy (non-hydrogen) atoms. The van der Waals surface area contributed by atoms with Crippen LogP contribution in [0.1, 0.15) is 6.92 Å². The van der Waals surface area contributed by atoms with Gasteiger partial charge in [0.15, 0.2) is 5.82 Å². The molecule has 2 heterocycles. The van der Waals surface area contributed by atoms with Gasteiger partial charge in [-0.25, -0.2) is 9.97 Å². The van der Waals surface area contributed by atoms with E-state index >= 15 is 0 Å². The third kappa shape index (κ3) is 2.01. The molecule has 84 valence electrons. The zero-order valence-corrected chi connectivity index (χ0v) is 11.3. The summed E-state index contributed by atoms with van der Waals surface area (Å²) in [6.45, 7) is 2.86. The lowest BCUT2D eigenvalue weighted by molar-refractivity contribution is 0.664. The molecule has 0 aliphatic carbocycles. The van der Waals surface area contributed by atoms with Crippen LogP contribution in [0.4, 0.5) is 5.82 Å². The maximum absolute atomic E-state index is 4.45. The lowest BCUT2D eigenvalue weighted by Gasteiger charge is -2.06. The van der Waals surface area contributed by atoms with E-state index in [1.807, 2.05) is 30.9 Å². The maximum Gasteiger partial charge on any atom is 0.179 e. The molecule has 5 nitrogen and oxygen atoms in total. The Kier molecular flexibility index (Phi) is 3.37. The predicted molar refractivity (Wildman–Crippen MR) is 71.2 cm³/mol. The van der Waals surface area contributed by atoms with E-state index in [4.69, 9.17) is 0 Å². The van der Waals surface area contributed by atoms with Gasteiger partial charge in [0.2, 0.25) is 0 Å². The Hall–Kier alpha value is -1.18. The Bertz CT molecular complexity index is 494. The molecule has 0 radical (unpaired) electrons. The number of nitrogens with zero attached hydrogens (tertiary/aromatic N) is 4. The topological polar surface area (TPSA) is 55.6 Å². The number of aromatic nitrogens is 4. The van der Waals surface area contributed by atoms with Crippen molar-refractivity contribution in [2.24, 2.45) is 0 Å². The van der Waals surface area contributed by atoms with E-state index < -0.39 is 0 Å². The van der Waals surface area contributed by atoms with Crippen molar-refractivity contribution in [3.05, 3.63) is 22.0 Å². The van der Waals surface area contributed by atoms with Gasteiger partial charge in [0.1, 0.15) is 11.5 Å². The molecule has 0 saturated carbocycles. The molecule has 0 unspecified atom stereocenters. The van der Waals surface area contributed by atoms with Crippen LogP contribution in [0.2, 0.25) is 0 Å². The van der Waals surface area contributed by atoms with Crippen molar-refractivity contribution in [2.45, 2.75) is 13.5 Å². The largest absolute Gasteiger partial charge is 0.372 e. The van der Waals surface area contributed by atoms with E-state index in [2.05, 4.69) is 43.0 Å². The van der Waals surface area contributed by atoms with Crippen LogP contribution >= 0.6 is 22.6 Å². The summed E-state index contributed by atoms with van der Waals surface area (Å²) in [6.07, 6.45) is 3.57. The average molecular weight is 329 g/mol. The van der Waals surface area contributed by atoms with E-state index in [9.17, 15) is 0 Å². The van der Waals surface area contributed by atoms with Gasteiger partial charge in [-0.15, -0.1) is 0 Å². The van der Waals surface area contributed by atoms with Crippen LogP contribution in [-0.4, -0.2) is 26.8 Å². The number of halogens is 1. The van der Waals surface area contributed by atoms with Gasteiger partial charge in [-0.05, 0) is 35.6 Å². The molecule has 0 bridgehead atoms. The lowest BCUT2D eigenvalue weighted by atomic mass is 10.4. The summed E-state index contributed by atoms with van der Waals surface area (Å²) in [4.78, 5) is 8.77. The third-order valence-corrected chi connectivity index (χ3v) is 3.02. The molecule has 0 atom stereocenters. The summed E-state index contributed by atoms with van der Waals surface area (Å²) < 4.78 is 2.88. The first kappa shape index (κ1) is 11.3. The summed E-state index contributed by atoms with van der Waals surface area (Å²) in [6, 6.07) is 1.92. The van der Waals surface area contributed by atoms with Crippen LogP contribution in [0.25, 0.3) is 11.5 Å². The Labute approximate surface area is 107 Å². The quantitative estimate of drug-likeness (QED) is 0.876. The second-order valence-corrected chi connectivity index (χ2v) is 4.33. The SMILES string of the molecule is CCn1nccc1-c1ncc(I)c(NC)n1. The molecule has 6 heteroatoms. The van der Waals surface area contributed by atoms with Crippen LogP contribution in [0, 0.1) is 3.57 Å². The molecule has 2 aromatic rings. The molecule has 1 N–H and O–H groups in total. The summed E-state index contributed by atoms with van der Waals surface area (Å²) in [5.41, 5.74) is 0.940. The third-order valence-electron chi connectivity index (χ3n) is 2.23. The van der Waals surface area contributed by atoms with Crippen molar-refractivity contribution < 1.29 is 0 Å². The van der Waals surface area contributed by atoms with Gasteiger partial charge in [-0.3, -0.25) is 4.68 Å². The van der Waals surface area contributed by atoms with Crippen LogP contribution in [-0.2, 0) is 6.54 Å². The molecule has 2 rings (SSSR count). The highest BCUT2D eigenvalue weighted by atomic mass is 127. The summed E-state index contributed by atoms with van der Waals surface area (Å²) in [5, 5.41) is 7.25. The van der Waals surface area contributed by atoms with Gasteiger partial charge in [-0.2, -0.15) is 5.10 Å². The summed E-state index contributed by atoms with van der Waals surface area (Å²) in [5.74, 6) is 1.54. The van der Waals surface area contributed by atoms with E-state index in [-0.39, 0.29) is 0 Å². The minimum Gasteiger partial charge on any atom is -0.372 e. The fourth-order valence-electron chi connectivity index (χ4n) is 1.44. The fourth-order valence-corrected chi connectivity index (χ4v) is 1.97. The van der Waals surface area contributed by atoms with Gasteiger partial charge in [0, 0.05) is 26.0 Å². The number of anilines is 1. The zero-order valence-electron chi connectivity index (χ0n) is 9.11. The number of nitrogens with one attached hydrogen (secondary N) is 1. The Morgan fingerprint density at radius 1 is 1.50 bits per heavy atom. The van der Waals surface area contributed by atoms with Gasteiger partial charge >= 0.3 is 0 Å². The molecule has 0 amide bonds. The molecule has 2 aromatic heterocycles. The highest BCUT2D eigenvalue weighted by Gasteiger charge is 2.09. The lowest BCUT2D eigenvalue weighted by Crippen LogP contribution is -2.04. The number of rotatable bonds is 3. The van der Waals surface area contributed by atoms with Crippen molar-refractivity contribution in [3.63, 3.8) is 0 Å². The number of hydrogen-bond acceptors (Lipinski definition) is 4. The standard InChI is InChI=1S/C10H12IN5/c1-3-16-8(4-5-14-16)10-13-6-7(11)9(12-2)15-10/h4-6H,3H2,1-2H3,(H,12,13,15). The minimum absolute atomic E-state index is 0.698. The minimum atomic E-state index is 0.698. The normalized spacial score (nSPS) is 10.4. The smallest absolute Gasteiger partial charge is 0.179 e. The van der Waals surface area contributed by atoms with Crippen molar-refractivity contribution in [1.82, 2.24) is 19.7 Å². The molecule has 0 fully saturated rings. The molecular formula is C10H12IN5. The fraction of sp³-hybridized carbons (Fsp3) is 0.300. The molecule has 0 aromatic carbocycles. The van der Waals surface area contributed by atoms with E-state index in [0.717, 1.165) is 21.6 Å².